The smallest absolute Gasteiger partial charge is 0.191 e. The highest BCUT2D eigenvalue weighted by molar-refractivity contribution is 8.00. The molecule has 0 radical (unpaired) electrons. The fourth-order valence-corrected chi connectivity index (χ4v) is 8.36. The molecule has 0 saturated heterocycles. The average molecular weight is 516 g/mol. The van der Waals surface area contributed by atoms with Crippen LogP contribution in [0.1, 0.15) is 37.6 Å². The molecule has 0 saturated carbocycles. The van der Waals surface area contributed by atoms with E-state index in [9.17, 15) is 4.39 Å². The van der Waals surface area contributed by atoms with Crippen LogP contribution in [0.2, 0.25) is 0 Å². The Labute approximate surface area is 216 Å². The number of benzene rings is 3. The van der Waals surface area contributed by atoms with Crippen molar-refractivity contribution in [2.75, 3.05) is 5.73 Å². The number of nitrogen functional groups attached to an aromatic ring is 1. The summed E-state index contributed by atoms with van der Waals surface area (Å²) in [5.41, 5.74) is 11.5. The van der Waals surface area contributed by atoms with Crippen LogP contribution >= 0.6 is 34.9 Å². The summed E-state index contributed by atoms with van der Waals surface area (Å²) in [6.07, 6.45) is 0.906. The van der Waals surface area contributed by atoms with Crippen LogP contribution < -0.4 is 5.73 Å². The molecule has 2 atom stereocenters. The fraction of sp³-hybridized carbons (Fsp3) is 0.143. The van der Waals surface area contributed by atoms with Crippen molar-refractivity contribution in [2.45, 2.75) is 27.8 Å². The zero-order chi connectivity index (χ0) is 23.8. The van der Waals surface area contributed by atoms with E-state index in [0.29, 0.717) is 22.0 Å². The van der Waals surface area contributed by atoms with Gasteiger partial charge in [-0.15, -0.1) is 23.1 Å². The number of thiophene rings is 1. The molecular weight excluding hydrogens is 494 g/mol. The minimum absolute atomic E-state index is 0.221. The van der Waals surface area contributed by atoms with Gasteiger partial charge in [-0.05, 0) is 40.8 Å². The van der Waals surface area contributed by atoms with Crippen molar-refractivity contribution >= 4 is 50.9 Å². The number of nitrogens with zero attached hydrogens (tertiary/aromatic N) is 2. The Hall–Kier alpha value is -2.87. The van der Waals surface area contributed by atoms with Gasteiger partial charge in [0.15, 0.2) is 5.16 Å². The van der Waals surface area contributed by atoms with Gasteiger partial charge in [0, 0.05) is 15.9 Å². The maximum absolute atomic E-state index is 13.2. The molecule has 0 bridgehead atoms. The van der Waals surface area contributed by atoms with Crippen LogP contribution in [0, 0.1) is 5.82 Å². The Morgan fingerprint density at radius 1 is 0.886 bits per heavy atom. The molecular formula is C28H22FN3S3. The van der Waals surface area contributed by atoms with E-state index in [-0.39, 0.29) is 11.1 Å². The molecule has 2 aromatic heterocycles. The number of halogens is 1. The second-order valence-electron chi connectivity index (χ2n) is 8.46. The first kappa shape index (κ1) is 22.6. The molecule has 0 aliphatic carbocycles. The molecule has 3 nitrogen and oxygen atoms in total. The van der Waals surface area contributed by atoms with Gasteiger partial charge in [-0.2, -0.15) is 0 Å². The van der Waals surface area contributed by atoms with Crippen LogP contribution in [-0.2, 0) is 12.2 Å². The van der Waals surface area contributed by atoms with Crippen LogP contribution in [0.25, 0.3) is 10.2 Å². The highest BCUT2D eigenvalue weighted by atomic mass is 32.2. The van der Waals surface area contributed by atoms with Crippen molar-refractivity contribution in [3.8, 4) is 0 Å². The predicted octanol–water partition coefficient (Wildman–Crippen LogP) is 7.82. The number of fused-ring (bicyclic) bond motifs is 3. The zero-order valence-electron chi connectivity index (χ0n) is 18.7. The van der Waals surface area contributed by atoms with Crippen LogP contribution in [0.3, 0.4) is 0 Å². The maximum Gasteiger partial charge on any atom is 0.191 e. The molecule has 0 amide bonds. The predicted molar refractivity (Wildman–Crippen MR) is 147 cm³/mol. The molecule has 5 aromatic rings. The van der Waals surface area contributed by atoms with Crippen LogP contribution in [0.15, 0.2) is 90.1 Å². The van der Waals surface area contributed by atoms with Crippen molar-refractivity contribution in [1.82, 2.24) is 9.97 Å². The lowest BCUT2D eigenvalue weighted by Crippen LogP contribution is -2.12. The monoisotopic (exact) mass is 515 g/mol. The summed E-state index contributed by atoms with van der Waals surface area (Å²) >= 11 is 5.26. The summed E-state index contributed by atoms with van der Waals surface area (Å²) in [6.45, 7) is 0. The standard InChI is InChI=1S/C28H22FN3S3/c29-20-13-11-17(12-14-20)16-33-28-31-26(30)23-21-15-22(18-7-3-1-4-8-18)34-24(19-9-5-2-6-10-19)25(21)35-27(23)32-28/h1-14,22,24H,15-16H2,(H2,30,31,32)/t22-,24+/m1/s1. The minimum Gasteiger partial charge on any atom is -0.383 e. The summed E-state index contributed by atoms with van der Waals surface area (Å²) in [5, 5.41) is 2.21. The number of aromatic nitrogens is 2. The van der Waals surface area contributed by atoms with Gasteiger partial charge in [0.2, 0.25) is 0 Å². The normalized spacial score (nSPS) is 17.4. The van der Waals surface area contributed by atoms with Gasteiger partial charge in [0.25, 0.3) is 0 Å². The maximum atomic E-state index is 13.2. The first-order chi connectivity index (χ1) is 17.2. The quantitative estimate of drug-likeness (QED) is 0.191. The average Bonchev–Trinajstić information content (AvgIpc) is 3.28. The van der Waals surface area contributed by atoms with Gasteiger partial charge in [-0.25, -0.2) is 14.4 Å². The number of hydrogen-bond acceptors (Lipinski definition) is 6. The van der Waals surface area contributed by atoms with E-state index < -0.39 is 0 Å². The van der Waals surface area contributed by atoms with Crippen molar-refractivity contribution in [3.05, 3.63) is 118 Å². The summed E-state index contributed by atoms with van der Waals surface area (Å²) in [7, 11) is 0. The summed E-state index contributed by atoms with van der Waals surface area (Å²) in [4.78, 5) is 11.8. The molecule has 3 aromatic carbocycles. The number of nitrogens with two attached hydrogens (primary N) is 1. The molecule has 174 valence electrons. The second kappa shape index (κ2) is 9.64. The number of hydrogen-bond donors (Lipinski definition) is 1. The molecule has 0 fully saturated rings. The third-order valence-electron chi connectivity index (χ3n) is 6.17. The van der Waals surface area contributed by atoms with Gasteiger partial charge in [-0.3, -0.25) is 0 Å². The molecule has 1 aliphatic rings. The van der Waals surface area contributed by atoms with Gasteiger partial charge >= 0.3 is 0 Å². The van der Waals surface area contributed by atoms with E-state index in [0.717, 1.165) is 22.2 Å². The first-order valence-electron chi connectivity index (χ1n) is 11.4. The second-order valence-corrected chi connectivity index (χ2v) is 11.7. The number of thioether (sulfide) groups is 2. The van der Waals surface area contributed by atoms with Crippen molar-refractivity contribution in [1.29, 1.82) is 0 Å². The van der Waals surface area contributed by atoms with Crippen molar-refractivity contribution in [2.24, 2.45) is 0 Å². The minimum atomic E-state index is -0.232. The van der Waals surface area contributed by atoms with Gasteiger partial charge in [-0.1, -0.05) is 84.6 Å². The fourth-order valence-electron chi connectivity index (χ4n) is 4.47. The van der Waals surface area contributed by atoms with Crippen LogP contribution in [-0.4, -0.2) is 9.97 Å². The van der Waals surface area contributed by atoms with Gasteiger partial charge < -0.3 is 5.73 Å². The Morgan fingerprint density at radius 3 is 2.29 bits per heavy atom. The zero-order valence-corrected chi connectivity index (χ0v) is 21.2. The lowest BCUT2D eigenvalue weighted by Gasteiger charge is -2.30. The molecule has 2 N–H and O–H groups in total. The van der Waals surface area contributed by atoms with Crippen LogP contribution in [0.4, 0.5) is 10.2 Å². The molecule has 3 heterocycles. The van der Waals surface area contributed by atoms with E-state index in [1.807, 2.05) is 11.8 Å². The van der Waals surface area contributed by atoms with E-state index in [1.165, 1.54) is 45.5 Å². The molecule has 0 spiro atoms. The Bertz CT molecular complexity index is 1470. The molecule has 0 unspecified atom stereocenters. The molecule has 6 rings (SSSR count). The third-order valence-corrected chi connectivity index (χ3v) is 9.98. The first-order valence-corrected chi connectivity index (χ1v) is 14.1. The van der Waals surface area contributed by atoms with E-state index in [4.69, 9.17) is 10.7 Å². The Morgan fingerprint density at radius 2 is 1.57 bits per heavy atom. The van der Waals surface area contributed by atoms with Crippen molar-refractivity contribution in [3.63, 3.8) is 0 Å². The van der Waals surface area contributed by atoms with Gasteiger partial charge in [0.1, 0.15) is 16.5 Å². The molecule has 7 heteroatoms. The highest BCUT2D eigenvalue weighted by Crippen LogP contribution is 2.55. The van der Waals surface area contributed by atoms with Crippen molar-refractivity contribution < 1.29 is 4.39 Å². The number of rotatable bonds is 5. The van der Waals surface area contributed by atoms with E-state index in [2.05, 4.69) is 65.6 Å². The summed E-state index contributed by atoms with van der Waals surface area (Å²) in [6, 6.07) is 27.9. The Balaban J connectivity index is 1.39. The number of anilines is 1. The third kappa shape index (κ3) is 4.56. The Kier molecular flexibility index (Phi) is 6.22. The largest absolute Gasteiger partial charge is 0.383 e. The van der Waals surface area contributed by atoms with Gasteiger partial charge in [0.05, 0.1) is 10.6 Å². The highest BCUT2D eigenvalue weighted by Gasteiger charge is 2.34. The van der Waals surface area contributed by atoms with E-state index >= 15 is 0 Å². The molecule has 35 heavy (non-hydrogen) atoms. The summed E-state index contributed by atoms with van der Waals surface area (Å²) < 4.78 is 13.2. The lowest BCUT2D eigenvalue weighted by atomic mass is 9.98. The topological polar surface area (TPSA) is 51.8 Å². The lowest BCUT2D eigenvalue weighted by molar-refractivity contribution is 0.627. The van der Waals surface area contributed by atoms with E-state index in [1.54, 1.807) is 23.5 Å². The van der Waals surface area contributed by atoms with Crippen LogP contribution in [0.5, 0.6) is 0 Å². The summed E-state index contributed by atoms with van der Waals surface area (Å²) in [5.74, 6) is 0.971. The SMILES string of the molecule is Nc1nc(SCc2ccc(F)cc2)nc2sc3c(c12)C[C@H](c1ccccc1)S[C@H]3c1ccccc1. The molecule has 1 aliphatic heterocycles.